The Bertz CT molecular complexity index is 1500. The average molecular weight is 595 g/mol. The Hall–Kier alpha value is -3.89. The van der Waals surface area contributed by atoms with Crippen molar-refractivity contribution >= 4 is 17.3 Å². The van der Waals surface area contributed by atoms with Gasteiger partial charge in [0.25, 0.3) is 0 Å². The Balaban J connectivity index is 1.95. The van der Waals surface area contributed by atoms with Gasteiger partial charge in [-0.2, -0.15) is 0 Å². The lowest BCUT2D eigenvalue weighted by molar-refractivity contribution is -0.136. The van der Waals surface area contributed by atoms with E-state index >= 15 is 0 Å². The highest BCUT2D eigenvalue weighted by atomic mass is 16.3. The number of allylic oxidation sites excluding steroid dienone is 21. The number of aliphatic hydroxyl groups is 1. The Morgan fingerprint density at radius 3 is 1.52 bits per heavy atom. The molecule has 0 amide bonds. The minimum Gasteiger partial charge on any atom is -0.385 e. The molecule has 234 valence electrons. The molecule has 2 aliphatic carbocycles. The number of aliphatic hydroxyl groups excluding tert-OH is 1. The number of ketones is 3. The van der Waals surface area contributed by atoms with Gasteiger partial charge in [0.1, 0.15) is 6.10 Å². The highest BCUT2D eigenvalue weighted by Gasteiger charge is 2.37. The van der Waals surface area contributed by atoms with Crippen molar-refractivity contribution in [3.8, 4) is 0 Å². The van der Waals surface area contributed by atoms with E-state index in [1.165, 1.54) is 0 Å². The van der Waals surface area contributed by atoms with Crippen LogP contribution in [-0.4, -0.2) is 28.6 Å². The van der Waals surface area contributed by atoms with Crippen LogP contribution in [0.25, 0.3) is 0 Å². The van der Waals surface area contributed by atoms with E-state index in [4.69, 9.17) is 0 Å². The second-order valence-corrected chi connectivity index (χ2v) is 13.3. The summed E-state index contributed by atoms with van der Waals surface area (Å²) in [6.45, 7) is 19.8. The lowest BCUT2D eigenvalue weighted by Gasteiger charge is -2.34. The van der Waals surface area contributed by atoms with Gasteiger partial charge in [-0.25, -0.2) is 0 Å². The fourth-order valence-corrected chi connectivity index (χ4v) is 5.46. The van der Waals surface area contributed by atoms with E-state index in [0.717, 1.165) is 33.4 Å². The molecule has 0 saturated heterocycles. The molecular weight excluding hydrogens is 544 g/mol. The maximum atomic E-state index is 12.2. The number of hydrogen-bond acceptors (Lipinski definition) is 4. The van der Waals surface area contributed by atoms with Crippen molar-refractivity contribution in [3.05, 3.63) is 130 Å². The summed E-state index contributed by atoms with van der Waals surface area (Å²) in [4.78, 5) is 36.3. The summed E-state index contributed by atoms with van der Waals surface area (Å²) >= 11 is 0. The number of Topliss-reactive ketones (excluding diaryl/α,β-unsaturated/α-hetero) is 3. The maximum absolute atomic E-state index is 12.2. The maximum Gasteiger partial charge on any atom is 0.224 e. The van der Waals surface area contributed by atoms with E-state index in [-0.39, 0.29) is 34.6 Å². The van der Waals surface area contributed by atoms with Gasteiger partial charge >= 0.3 is 0 Å². The average Bonchev–Trinajstić information content (AvgIpc) is 2.92. The van der Waals surface area contributed by atoms with Crippen LogP contribution >= 0.6 is 0 Å². The van der Waals surface area contributed by atoms with Crippen LogP contribution < -0.4 is 0 Å². The lowest BCUT2D eigenvalue weighted by atomic mass is 9.71. The minimum absolute atomic E-state index is 0.177. The fraction of sp³-hybridized carbons (Fsp3) is 0.375. The third kappa shape index (κ3) is 10.4. The van der Waals surface area contributed by atoms with Crippen molar-refractivity contribution in [1.29, 1.82) is 0 Å². The first-order valence-corrected chi connectivity index (χ1v) is 15.3. The topological polar surface area (TPSA) is 71.4 Å². The molecule has 0 aliphatic heterocycles. The van der Waals surface area contributed by atoms with E-state index in [1.54, 1.807) is 13.8 Å². The van der Waals surface area contributed by atoms with Crippen molar-refractivity contribution in [2.75, 3.05) is 0 Å². The first-order chi connectivity index (χ1) is 20.5. The second-order valence-electron chi connectivity index (χ2n) is 13.3. The summed E-state index contributed by atoms with van der Waals surface area (Å²) in [5.41, 5.74) is 6.85. The van der Waals surface area contributed by atoms with E-state index in [2.05, 4.69) is 19.9 Å². The van der Waals surface area contributed by atoms with Gasteiger partial charge in [-0.1, -0.05) is 135 Å². The second kappa shape index (κ2) is 15.7. The number of carbonyl (C=O) groups excluding carboxylic acids is 3. The van der Waals surface area contributed by atoms with Crippen LogP contribution in [0.3, 0.4) is 0 Å². The van der Waals surface area contributed by atoms with Crippen LogP contribution in [0.5, 0.6) is 0 Å². The van der Waals surface area contributed by atoms with Crippen molar-refractivity contribution in [2.24, 2.45) is 10.8 Å². The van der Waals surface area contributed by atoms with E-state index in [1.807, 2.05) is 121 Å². The van der Waals surface area contributed by atoms with Crippen molar-refractivity contribution in [1.82, 2.24) is 0 Å². The van der Waals surface area contributed by atoms with Crippen LogP contribution in [0.4, 0.5) is 0 Å². The van der Waals surface area contributed by atoms with Gasteiger partial charge in [0.05, 0.1) is 0 Å². The predicted octanol–water partition coefficient (Wildman–Crippen LogP) is 9.11. The zero-order chi connectivity index (χ0) is 33.2. The number of hydrogen-bond donors (Lipinski definition) is 1. The molecule has 0 spiro atoms. The molecule has 0 aromatic rings. The molecule has 0 fully saturated rings. The van der Waals surface area contributed by atoms with E-state index in [0.29, 0.717) is 17.6 Å². The molecule has 0 aromatic heterocycles. The van der Waals surface area contributed by atoms with Gasteiger partial charge in [0.15, 0.2) is 5.78 Å². The molecule has 0 heterocycles. The van der Waals surface area contributed by atoms with Gasteiger partial charge in [-0.3, -0.25) is 14.4 Å². The number of rotatable bonds is 10. The summed E-state index contributed by atoms with van der Waals surface area (Å²) in [7, 11) is 0. The molecule has 0 radical (unpaired) electrons. The Morgan fingerprint density at radius 1 is 0.636 bits per heavy atom. The summed E-state index contributed by atoms with van der Waals surface area (Å²) in [6.07, 6.45) is 28.0. The van der Waals surface area contributed by atoms with Gasteiger partial charge in [0, 0.05) is 12.0 Å². The minimum atomic E-state index is -0.908. The molecule has 4 heteroatoms. The zero-order valence-corrected chi connectivity index (χ0v) is 28.2. The van der Waals surface area contributed by atoms with E-state index in [9.17, 15) is 19.5 Å². The number of carbonyl (C=O) groups is 3. The lowest BCUT2D eigenvalue weighted by Crippen LogP contribution is -2.35. The first kappa shape index (κ1) is 36.3. The van der Waals surface area contributed by atoms with Crippen molar-refractivity contribution < 1.29 is 19.5 Å². The molecule has 2 rings (SSSR count). The third-order valence-corrected chi connectivity index (χ3v) is 8.13. The molecule has 1 atom stereocenters. The van der Waals surface area contributed by atoms with Gasteiger partial charge in [0.2, 0.25) is 11.6 Å². The Morgan fingerprint density at radius 2 is 1.05 bits per heavy atom. The molecule has 0 bridgehead atoms. The van der Waals surface area contributed by atoms with Crippen molar-refractivity contribution in [3.63, 3.8) is 0 Å². The van der Waals surface area contributed by atoms with Crippen LogP contribution in [-0.2, 0) is 14.4 Å². The molecule has 0 saturated carbocycles. The monoisotopic (exact) mass is 594 g/mol. The van der Waals surface area contributed by atoms with Gasteiger partial charge < -0.3 is 5.11 Å². The molecular formula is C40H50O4. The van der Waals surface area contributed by atoms with Crippen LogP contribution in [0.2, 0.25) is 0 Å². The summed E-state index contributed by atoms with van der Waals surface area (Å²) in [6, 6.07) is 0. The molecule has 44 heavy (non-hydrogen) atoms. The highest BCUT2D eigenvalue weighted by Crippen LogP contribution is 2.40. The molecule has 2 aliphatic rings. The van der Waals surface area contributed by atoms with Gasteiger partial charge in [-0.15, -0.1) is 0 Å². The predicted molar refractivity (Wildman–Crippen MR) is 184 cm³/mol. The Labute approximate surface area is 265 Å². The SMILES string of the molecule is CC(C=CC=C(C)C=CC1=C(C)C(=O)C(=O)CC1(C)C)=CC=CC=C(C)C=CC=C(C)C=CC1=C(C)C(=O)C(O)CC1(C)C. The molecule has 4 nitrogen and oxygen atoms in total. The summed E-state index contributed by atoms with van der Waals surface area (Å²) in [5, 5.41) is 10.0. The summed E-state index contributed by atoms with van der Waals surface area (Å²) < 4.78 is 0. The normalized spacial score (nSPS) is 22.9. The molecule has 1 unspecified atom stereocenters. The third-order valence-electron chi connectivity index (χ3n) is 8.13. The fourth-order valence-electron chi connectivity index (χ4n) is 5.46. The van der Waals surface area contributed by atoms with Crippen molar-refractivity contribution in [2.45, 2.75) is 88.2 Å². The zero-order valence-electron chi connectivity index (χ0n) is 28.2. The highest BCUT2D eigenvalue weighted by molar-refractivity contribution is 6.44. The largest absolute Gasteiger partial charge is 0.385 e. The smallest absolute Gasteiger partial charge is 0.224 e. The first-order valence-electron chi connectivity index (χ1n) is 15.3. The quantitative estimate of drug-likeness (QED) is 0.202. The molecule has 0 aromatic carbocycles. The molecule has 1 N–H and O–H groups in total. The van der Waals surface area contributed by atoms with Crippen LogP contribution in [0.15, 0.2) is 130 Å². The van der Waals surface area contributed by atoms with Gasteiger partial charge in [-0.05, 0) is 75.5 Å². The standard InChI is InChI=1S/C40H50O4/c1-27(17-13-19-29(3)21-23-33-31(5)37(43)35(41)25-39(33,7)8)15-11-12-16-28(2)18-14-20-30(4)22-24-34-32(6)38(44)36(42)26-40(34,9)10/h11-24,35,41H,25-26H2,1-10H3. The van der Waals surface area contributed by atoms with Crippen LogP contribution in [0, 0.1) is 10.8 Å². The van der Waals surface area contributed by atoms with Crippen LogP contribution in [0.1, 0.15) is 82.1 Å². The van der Waals surface area contributed by atoms with E-state index < -0.39 is 6.10 Å². The Kier molecular flexibility index (Phi) is 13.0. The summed E-state index contributed by atoms with van der Waals surface area (Å²) in [5.74, 6) is -0.851.